The van der Waals surface area contributed by atoms with E-state index in [-0.39, 0.29) is 5.91 Å². The summed E-state index contributed by atoms with van der Waals surface area (Å²) in [5, 5.41) is 17.0. The first-order valence-corrected chi connectivity index (χ1v) is 7.79. The first-order valence-electron chi connectivity index (χ1n) is 7.79. The van der Waals surface area contributed by atoms with Crippen LogP contribution in [0, 0.1) is 13.8 Å². The number of anilines is 1. The van der Waals surface area contributed by atoms with E-state index in [1.807, 2.05) is 62.4 Å². The molecule has 1 unspecified atom stereocenters. The van der Waals surface area contributed by atoms with Gasteiger partial charge in [0.1, 0.15) is 5.92 Å². The molecule has 0 radical (unpaired) electrons. The number of para-hydroxylation sites is 1. The monoisotopic (exact) mass is 321 g/mol. The molecule has 24 heavy (non-hydrogen) atoms. The number of aromatic amines is 1. The lowest BCUT2D eigenvalue weighted by Gasteiger charge is -2.16. The summed E-state index contributed by atoms with van der Waals surface area (Å²) in [6.07, 6.45) is 0.518. The van der Waals surface area contributed by atoms with Crippen molar-refractivity contribution < 1.29 is 4.79 Å². The minimum Gasteiger partial charge on any atom is -0.325 e. The van der Waals surface area contributed by atoms with Crippen molar-refractivity contribution in [3.63, 3.8) is 0 Å². The molecule has 0 aliphatic rings. The Hall–Kier alpha value is -3.02. The average Bonchev–Trinajstić information content (AvgIpc) is 3.10. The maximum absolute atomic E-state index is 12.8. The third kappa shape index (κ3) is 3.48. The number of nitrogens with zero attached hydrogens (tertiary/aromatic N) is 3. The number of tetrazole rings is 1. The van der Waals surface area contributed by atoms with Crippen molar-refractivity contribution in [2.24, 2.45) is 0 Å². The second-order valence-corrected chi connectivity index (χ2v) is 5.76. The van der Waals surface area contributed by atoms with Crippen LogP contribution in [0.4, 0.5) is 5.69 Å². The molecular weight excluding hydrogens is 302 g/mol. The Balaban J connectivity index is 1.87. The number of H-pyrrole nitrogens is 1. The van der Waals surface area contributed by atoms with Crippen molar-refractivity contribution in [3.05, 3.63) is 71.0 Å². The topological polar surface area (TPSA) is 83.6 Å². The number of carbonyl (C=O) groups excluding carboxylic acids is 1. The number of aromatic nitrogens is 4. The molecule has 0 aliphatic heterocycles. The number of aryl methyl sites for hydroxylation is 2. The highest BCUT2D eigenvalue weighted by Gasteiger charge is 2.26. The van der Waals surface area contributed by atoms with Crippen molar-refractivity contribution in [3.8, 4) is 0 Å². The van der Waals surface area contributed by atoms with Crippen LogP contribution in [-0.2, 0) is 11.2 Å². The molecule has 0 spiro atoms. The average molecular weight is 321 g/mol. The molecule has 6 heteroatoms. The normalized spacial score (nSPS) is 11.9. The minimum absolute atomic E-state index is 0.144. The summed E-state index contributed by atoms with van der Waals surface area (Å²) in [7, 11) is 0. The molecule has 1 amide bonds. The predicted molar refractivity (Wildman–Crippen MR) is 91.6 cm³/mol. The van der Waals surface area contributed by atoms with E-state index in [0.29, 0.717) is 12.2 Å². The summed E-state index contributed by atoms with van der Waals surface area (Å²) < 4.78 is 0. The van der Waals surface area contributed by atoms with Crippen molar-refractivity contribution in [1.82, 2.24) is 20.6 Å². The van der Waals surface area contributed by atoms with Crippen molar-refractivity contribution in [2.45, 2.75) is 26.2 Å². The number of hydrogen-bond donors (Lipinski definition) is 2. The van der Waals surface area contributed by atoms with E-state index < -0.39 is 5.92 Å². The number of nitrogens with one attached hydrogen (secondary N) is 2. The smallest absolute Gasteiger partial charge is 0.235 e. The lowest BCUT2D eigenvalue weighted by Crippen LogP contribution is -2.24. The zero-order valence-corrected chi connectivity index (χ0v) is 13.7. The van der Waals surface area contributed by atoms with Crippen LogP contribution in [0.2, 0.25) is 0 Å². The van der Waals surface area contributed by atoms with Crippen LogP contribution in [0.15, 0.2) is 48.5 Å². The highest BCUT2D eigenvalue weighted by Crippen LogP contribution is 2.22. The van der Waals surface area contributed by atoms with Crippen molar-refractivity contribution in [1.29, 1.82) is 0 Å². The fourth-order valence-corrected chi connectivity index (χ4v) is 2.61. The molecule has 6 nitrogen and oxygen atoms in total. The van der Waals surface area contributed by atoms with Crippen LogP contribution in [0.3, 0.4) is 0 Å². The molecule has 1 atom stereocenters. The van der Waals surface area contributed by atoms with Gasteiger partial charge in [0.2, 0.25) is 5.91 Å². The fraction of sp³-hybridized carbons (Fsp3) is 0.222. The number of hydrogen-bond acceptors (Lipinski definition) is 4. The number of rotatable bonds is 5. The third-order valence-corrected chi connectivity index (χ3v) is 4.08. The molecule has 2 N–H and O–H groups in total. The zero-order chi connectivity index (χ0) is 16.9. The van der Waals surface area contributed by atoms with Gasteiger partial charge < -0.3 is 5.32 Å². The highest BCUT2D eigenvalue weighted by atomic mass is 16.1. The van der Waals surface area contributed by atoms with Gasteiger partial charge in [-0.2, -0.15) is 5.21 Å². The van der Waals surface area contributed by atoms with Crippen LogP contribution in [0.5, 0.6) is 0 Å². The van der Waals surface area contributed by atoms with Gasteiger partial charge in [-0.25, -0.2) is 0 Å². The SMILES string of the molecule is Cc1ccccc1CC(C(=O)Nc1ccccc1C)c1nn[nH]n1. The van der Waals surface area contributed by atoms with Crippen LogP contribution < -0.4 is 5.32 Å². The lowest BCUT2D eigenvalue weighted by atomic mass is 9.94. The van der Waals surface area contributed by atoms with Crippen LogP contribution in [0.25, 0.3) is 0 Å². The third-order valence-electron chi connectivity index (χ3n) is 4.08. The van der Waals surface area contributed by atoms with E-state index in [1.165, 1.54) is 0 Å². The van der Waals surface area contributed by atoms with Gasteiger partial charge in [0.15, 0.2) is 5.82 Å². The largest absolute Gasteiger partial charge is 0.325 e. The summed E-state index contributed by atoms with van der Waals surface area (Å²) in [5.74, 6) is -0.261. The molecule has 1 heterocycles. The Morgan fingerprint density at radius 2 is 1.79 bits per heavy atom. The van der Waals surface area contributed by atoms with Gasteiger partial charge in [-0.1, -0.05) is 47.7 Å². The number of benzene rings is 2. The van der Waals surface area contributed by atoms with Gasteiger partial charge in [-0.3, -0.25) is 4.79 Å². The molecular formula is C18H19N5O. The fourth-order valence-electron chi connectivity index (χ4n) is 2.61. The molecule has 122 valence electrons. The zero-order valence-electron chi connectivity index (χ0n) is 13.7. The van der Waals surface area contributed by atoms with Crippen molar-refractivity contribution >= 4 is 11.6 Å². The van der Waals surface area contributed by atoms with Gasteiger partial charge in [0.25, 0.3) is 0 Å². The highest BCUT2D eigenvalue weighted by molar-refractivity contribution is 5.96. The lowest BCUT2D eigenvalue weighted by molar-refractivity contribution is -0.117. The molecule has 2 aromatic carbocycles. The summed E-state index contributed by atoms with van der Waals surface area (Å²) >= 11 is 0. The van der Waals surface area contributed by atoms with Crippen LogP contribution in [-0.4, -0.2) is 26.5 Å². The maximum atomic E-state index is 12.8. The molecule has 0 bridgehead atoms. The van der Waals surface area contributed by atoms with Gasteiger partial charge in [0, 0.05) is 5.69 Å². The quantitative estimate of drug-likeness (QED) is 0.757. The van der Waals surface area contributed by atoms with E-state index in [2.05, 4.69) is 25.9 Å². The Morgan fingerprint density at radius 3 is 2.46 bits per heavy atom. The summed E-state index contributed by atoms with van der Waals surface area (Å²) in [6.45, 7) is 3.99. The first-order chi connectivity index (χ1) is 11.6. The van der Waals surface area contributed by atoms with E-state index in [9.17, 15) is 4.79 Å². The molecule has 0 fully saturated rings. The molecule has 0 saturated carbocycles. The predicted octanol–water partition coefficient (Wildman–Crippen LogP) is 2.78. The molecule has 0 aliphatic carbocycles. The first kappa shape index (κ1) is 15.9. The Morgan fingerprint density at radius 1 is 1.08 bits per heavy atom. The summed E-state index contributed by atoms with van der Waals surface area (Å²) in [4.78, 5) is 12.8. The van der Waals surface area contributed by atoms with E-state index in [1.54, 1.807) is 0 Å². The number of amides is 1. The van der Waals surface area contributed by atoms with Gasteiger partial charge >= 0.3 is 0 Å². The second-order valence-electron chi connectivity index (χ2n) is 5.76. The van der Waals surface area contributed by atoms with Gasteiger partial charge in [0.05, 0.1) is 0 Å². The van der Waals surface area contributed by atoms with E-state index in [4.69, 9.17) is 0 Å². The van der Waals surface area contributed by atoms with E-state index >= 15 is 0 Å². The summed E-state index contributed by atoms with van der Waals surface area (Å²) in [5.41, 5.74) is 4.02. The van der Waals surface area contributed by atoms with Crippen LogP contribution in [0.1, 0.15) is 28.4 Å². The molecule has 3 rings (SSSR count). The van der Waals surface area contributed by atoms with Gasteiger partial charge in [-0.15, -0.1) is 10.2 Å². The Bertz CT molecular complexity index is 829. The van der Waals surface area contributed by atoms with Crippen molar-refractivity contribution in [2.75, 3.05) is 5.32 Å². The molecule has 0 saturated heterocycles. The Labute approximate surface area is 140 Å². The van der Waals surface area contributed by atoms with Gasteiger partial charge in [-0.05, 0) is 43.0 Å². The molecule has 3 aromatic rings. The Kier molecular flexibility index (Phi) is 4.65. The summed E-state index contributed by atoms with van der Waals surface area (Å²) in [6, 6.07) is 15.7. The van der Waals surface area contributed by atoms with Crippen LogP contribution >= 0.6 is 0 Å². The minimum atomic E-state index is -0.510. The number of carbonyl (C=O) groups is 1. The second kappa shape index (κ2) is 7.04. The standard InChI is InChI=1S/C18H19N5O/c1-12-7-3-5-9-14(12)11-15(17-20-22-23-21-17)18(24)19-16-10-6-4-8-13(16)2/h3-10,15H,11H2,1-2H3,(H,19,24)(H,20,21,22,23). The molecule has 1 aromatic heterocycles. The van der Waals surface area contributed by atoms with E-state index in [0.717, 1.165) is 22.4 Å². The maximum Gasteiger partial charge on any atom is 0.235 e.